The van der Waals surface area contributed by atoms with E-state index in [9.17, 15) is 9.18 Å². The Bertz CT molecular complexity index is 1510. The Morgan fingerprint density at radius 1 is 1.00 bits per heavy atom. The first-order chi connectivity index (χ1) is 18.0. The summed E-state index contributed by atoms with van der Waals surface area (Å²) in [6, 6.07) is 23.7. The van der Waals surface area contributed by atoms with Gasteiger partial charge in [-0.3, -0.25) is 9.36 Å². The second kappa shape index (κ2) is 11.7. The molecule has 0 aliphatic rings. The average Bonchev–Trinajstić information content (AvgIpc) is 3.55. The molecule has 1 N–H and O–H groups in total. The van der Waals surface area contributed by atoms with Crippen molar-refractivity contribution < 1.29 is 9.18 Å². The minimum absolute atomic E-state index is 0.274. The standard InChI is InChI=1S/C27H21ClFN5OS2/c28-20-7-4-8-22(14-20)34-24(13-18-5-2-1-3-6-18)32-33-27(34)37-17-25-31-23(16-36-25)26(35)30-15-19-9-11-21(29)12-10-19/h1-12,14,16H,13,15,17H2,(H,30,35). The number of thiazole rings is 1. The molecule has 0 aliphatic carbocycles. The number of carbonyl (C=O) groups excluding carboxylic acids is 1. The molecule has 37 heavy (non-hydrogen) atoms. The van der Waals surface area contributed by atoms with E-state index in [1.165, 1.54) is 35.2 Å². The highest BCUT2D eigenvalue weighted by Crippen LogP contribution is 2.28. The highest BCUT2D eigenvalue weighted by atomic mass is 35.5. The van der Waals surface area contributed by atoms with E-state index in [-0.39, 0.29) is 11.7 Å². The van der Waals surface area contributed by atoms with Gasteiger partial charge in [0.1, 0.15) is 22.3 Å². The van der Waals surface area contributed by atoms with Crippen molar-refractivity contribution >= 4 is 40.6 Å². The molecule has 0 unspecified atom stereocenters. The van der Waals surface area contributed by atoms with E-state index in [0.29, 0.717) is 34.6 Å². The van der Waals surface area contributed by atoms with Crippen molar-refractivity contribution in [3.8, 4) is 5.69 Å². The zero-order valence-corrected chi connectivity index (χ0v) is 21.9. The number of thioether (sulfide) groups is 1. The summed E-state index contributed by atoms with van der Waals surface area (Å²) in [7, 11) is 0. The predicted molar refractivity (Wildman–Crippen MR) is 145 cm³/mol. The molecule has 0 saturated heterocycles. The average molecular weight is 550 g/mol. The summed E-state index contributed by atoms with van der Waals surface area (Å²) in [4.78, 5) is 17.0. The fourth-order valence-corrected chi connectivity index (χ4v) is 5.59. The Morgan fingerprint density at radius 3 is 2.59 bits per heavy atom. The van der Waals surface area contributed by atoms with Crippen molar-refractivity contribution in [1.29, 1.82) is 0 Å². The van der Waals surface area contributed by atoms with Crippen LogP contribution in [0.4, 0.5) is 4.39 Å². The molecule has 0 spiro atoms. The first-order valence-corrected chi connectivity index (χ1v) is 13.6. The molecule has 0 bridgehead atoms. The third kappa shape index (κ3) is 6.43. The normalized spacial score (nSPS) is 11.0. The van der Waals surface area contributed by atoms with E-state index >= 15 is 0 Å². The van der Waals surface area contributed by atoms with Crippen LogP contribution in [0, 0.1) is 5.82 Å². The molecule has 5 rings (SSSR count). The minimum Gasteiger partial charge on any atom is -0.347 e. The summed E-state index contributed by atoms with van der Waals surface area (Å²) in [5.74, 6) is 0.745. The van der Waals surface area contributed by atoms with Gasteiger partial charge in [-0.05, 0) is 41.5 Å². The van der Waals surface area contributed by atoms with Crippen LogP contribution in [0.2, 0.25) is 5.02 Å². The maximum atomic E-state index is 13.1. The summed E-state index contributed by atoms with van der Waals surface area (Å²) in [5, 5.41) is 15.6. The number of hydrogen-bond acceptors (Lipinski definition) is 6. The molecule has 0 radical (unpaired) electrons. The second-order valence-corrected chi connectivity index (χ2v) is 10.4. The zero-order valence-electron chi connectivity index (χ0n) is 19.5. The Morgan fingerprint density at radius 2 is 1.81 bits per heavy atom. The highest BCUT2D eigenvalue weighted by Gasteiger charge is 2.17. The summed E-state index contributed by atoms with van der Waals surface area (Å²) in [6.07, 6.45) is 0.622. The number of amides is 1. The Hall–Kier alpha value is -3.53. The van der Waals surface area contributed by atoms with Gasteiger partial charge in [0.25, 0.3) is 5.91 Å². The van der Waals surface area contributed by atoms with E-state index in [0.717, 1.165) is 27.6 Å². The van der Waals surface area contributed by atoms with Crippen molar-refractivity contribution in [3.63, 3.8) is 0 Å². The summed E-state index contributed by atoms with van der Waals surface area (Å²) < 4.78 is 15.1. The second-order valence-electron chi connectivity index (χ2n) is 8.10. The first kappa shape index (κ1) is 25.1. The van der Waals surface area contributed by atoms with Gasteiger partial charge in [-0.2, -0.15) is 0 Å². The van der Waals surface area contributed by atoms with Gasteiger partial charge < -0.3 is 5.32 Å². The molecule has 10 heteroatoms. The number of hydrogen-bond donors (Lipinski definition) is 1. The molecule has 0 aliphatic heterocycles. The number of aromatic nitrogens is 4. The Balaban J connectivity index is 1.29. The lowest BCUT2D eigenvalue weighted by Gasteiger charge is -2.10. The first-order valence-electron chi connectivity index (χ1n) is 11.4. The lowest BCUT2D eigenvalue weighted by Crippen LogP contribution is -2.23. The molecular formula is C27H21ClFN5OS2. The lowest BCUT2D eigenvalue weighted by molar-refractivity contribution is 0.0946. The molecular weight excluding hydrogens is 529 g/mol. The van der Waals surface area contributed by atoms with Crippen molar-refractivity contribution in [3.05, 3.63) is 123 Å². The topological polar surface area (TPSA) is 72.7 Å². The Labute approximate surface area is 226 Å². The summed E-state index contributed by atoms with van der Waals surface area (Å²) in [6.45, 7) is 0.299. The van der Waals surface area contributed by atoms with E-state index < -0.39 is 0 Å². The predicted octanol–water partition coefficient (Wildman–Crippen LogP) is 6.33. The molecule has 0 fully saturated rings. The van der Waals surface area contributed by atoms with Crippen molar-refractivity contribution in [2.75, 3.05) is 0 Å². The van der Waals surface area contributed by atoms with E-state index in [4.69, 9.17) is 11.6 Å². The van der Waals surface area contributed by atoms with Gasteiger partial charge in [0.2, 0.25) is 0 Å². The largest absolute Gasteiger partial charge is 0.347 e. The molecule has 186 valence electrons. The van der Waals surface area contributed by atoms with Gasteiger partial charge in [0, 0.05) is 23.4 Å². The third-order valence-electron chi connectivity index (χ3n) is 5.45. The molecule has 2 aromatic heterocycles. The SMILES string of the molecule is O=C(NCc1ccc(F)cc1)c1csc(CSc2nnc(Cc3ccccc3)n2-c2cccc(Cl)c2)n1. The van der Waals surface area contributed by atoms with Crippen LogP contribution in [0.5, 0.6) is 0 Å². The summed E-state index contributed by atoms with van der Waals surface area (Å²) in [5.41, 5.74) is 3.17. The van der Waals surface area contributed by atoms with E-state index in [2.05, 4.69) is 32.6 Å². The van der Waals surface area contributed by atoms with Crippen LogP contribution in [0.15, 0.2) is 89.4 Å². The fraction of sp³-hybridized carbons (Fsp3) is 0.111. The van der Waals surface area contributed by atoms with Crippen molar-refractivity contribution in [2.45, 2.75) is 23.9 Å². The maximum absolute atomic E-state index is 13.1. The molecule has 5 aromatic rings. The Kier molecular flexibility index (Phi) is 7.93. The molecule has 1 amide bonds. The molecule has 0 saturated carbocycles. The number of benzene rings is 3. The number of halogens is 2. The van der Waals surface area contributed by atoms with Crippen molar-refractivity contribution in [2.24, 2.45) is 0 Å². The quantitative estimate of drug-likeness (QED) is 0.217. The third-order valence-corrected chi connectivity index (χ3v) is 7.65. The van der Waals surface area contributed by atoms with E-state index in [1.807, 2.05) is 47.0 Å². The van der Waals surface area contributed by atoms with Gasteiger partial charge in [0.05, 0.1) is 11.4 Å². The highest BCUT2D eigenvalue weighted by molar-refractivity contribution is 7.98. The number of nitrogens with zero attached hydrogens (tertiary/aromatic N) is 4. The van der Waals surface area contributed by atoms with Crippen LogP contribution >= 0.6 is 34.7 Å². The molecule has 3 aromatic carbocycles. The number of rotatable bonds is 9. The summed E-state index contributed by atoms with van der Waals surface area (Å²) >= 11 is 9.19. The van der Waals surface area contributed by atoms with Crippen LogP contribution in [0.1, 0.15) is 32.4 Å². The lowest BCUT2D eigenvalue weighted by atomic mass is 10.1. The molecule has 2 heterocycles. The van der Waals surface area contributed by atoms with Gasteiger partial charge in [-0.15, -0.1) is 21.5 Å². The van der Waals surface area contributed by atoms with Gasteiger partial charge in [0.15, 0.2) is 5.16 Å². The number of carbonyl (C=O) groups is 1. The van der Waals surface area contributed by atoms with E-state index in [1.54, 1.807) is 17.5 Å². The molecule has 6 nitrogen and oxygen atoms in total. The monoisotopic (exact) mass is 549 g/mol. The smallest absolute Gasteiger partial charge is 0.271 e. The fourth-order valence-electron chi connectivity index (χ4n) is 3.64. The van der Waals surface area contributed by atoms with Crippen LogP contribution < -0.4 is 5.32 Å². The zero-order chi connectivity index (χ0) is 25.6. The van der Waals surface area contributed by atoms with Crippen LogP contribution in [0.3, 0.4) is 0 Å². The van der Waals surface area contributed by atoms with Crippen LogP contribution in [-0.2, 0) is 18.7 Å². The van der Waals surface area contributed by atoms with Gasteiger partial charge in [-0.1, -0.05) is 71.9 Å². The van der Waals surface area contributed by atoms with Gasteiger partial charge >= 0.3 is 0 Å². The molecule has 0 atom stereocenters. The maximum Gasteiger partial charge on any atom is 0.271 e. The van der Waals surface area contributed by atoms with Crippen LogP contribution in [-0.4, -0.2) is 25.7 Å². The number of nitrogens with one attached hydrogen (secondary N) is 1. The van der Waals surface area contributed by atoms with Crippen molar-refractivity contribution in [1.82, 2.24) is 25.1 Å². The van der Waals surface area contributed by atoms with Crippen LogP contribution in [0.25, 0.3) is 5.69 Å². The van der Waals surface area contributed by atoms with Gasteiger partial charge in [-0.25, -0.2) is 9.37 Å². The minimum atomic E-state index is -0.310.